The summed E-state index contributed by atoms with van der Waals surface area (Å²) < 4.78 is 30.7. The molecule has 2 amide bonds. The van der Waals surface area contributed by atoms with Crippen LogP contribution >= 0.6 is 0 Å². The summed E-state index contributed by atoms with van der Waals surface area (Å²) in [6.45, 7) is 1.59. The van der Waals surface area contributed by atoms with Crippen LogP contribution in [0.2, 0.25) is 0 Å². The van der Waals surface area contributed by atoms with Crippen LogP contribution in [-0.4, -0.2) is 48.1 Å². The van der Waals surface area contributed by atoms with Gasteiger partial charge in [0.2, 0.25) is 5.91 Å². The van der Waals surface area contributed by atoms with E-state index in [-0.39, 0.29) is 36.0 Å². The maximum absolute atomic E-state index is 12.4. The molecule has 1 saturated heterocycles. The first-order valence-corrected chi connectivity index (χ1v) is 11.2. The summed E-state index contributed by atoms with van der Waals surface area (Å²) in [7, 11) is -3.06. The number of aromatic nitrogens is 2. The van der Waals surface area contributed by atoms with Gasteiger partial charge in [0.25, 0.3) is 5.91 Å². The second-order valence-electron chi connectivity index (χ2n) is 7.38. The molecule has 0 radical (unpaired) electrons. The van der Waals surface area contributed by atoms with Gasteiger partial charge >= 0.3 is 0 Å². The van der Waals surface area contributed by atoms with Crippen molar-refractivity contribution in [3.63, 3.8) is 0 Å². The van der Waals surface area contributed by atoms with Gasteiger partial charge in [-0.1, -0.05) is 0 Å². The van der Waals surface area contributed by atoms with E-state index in [9.17, 15) is 18.0 Å². The van der Waals surface area contributed by atoms with E-state index in [1.807, 2.05) is 6.07 Å². The predicted octanol–water partition coefficient (Wildman–Crippen LogP) is 1.45. The Morgan fingerprint density at radius 3 is 2.93 bits per heavy atom. The van der Waals surface area contributed by atoms with Crippen molar-refractivity contribution in [2.24, 2.45) is 0 Å². The number of amides is 2. The highest BCUT2D eigenvalue weighted by Crippen LogP contribution is 2.28. The Kier molecular flexibility index (Phi) is 5.03. The van der Waals surface area contributed by atoms with Gasteiger partial charge in [0, 0.05) is 18.2 Å². The number of ether oxygens (including phenoxy) is 1. The molecule has 10 heteroatoms. The highest BCUT2D eigenvalue weighted by atomic mass is 32.2. The normalized spacial score (nSPS) is 20.0. The van der Waals surface area contributed by atoms with E-state index in [2.05, 4.69) is 15.7 Å². The highest BCUT2D eigenvalue weighted by molar-refractivity contribution is 7.91. The summed E-state index contributed by atoms with van der Waals surface area (Å²) >= 11 is 0. The molecule has 0 aliphatic carbocycles. The number of nitrogens with one attached hydrogen (secondary N) is 2. The molecule has 1 fully saturated rings. The van der Waals surface area contributed by atoms with Gasteiger partial charge < -0.3 is 15.4 Å². The molecule has 0 unspecified atom stereocenters. The van der Waals surface area contributed by atoms with E-state index in [0.29, 0.717) is 36.5 Å². The van der Waals surface area contributed by atoms with Crippen molar-refractivity contribution in [1.82, 2.24) is 9.78 Å². The van der Waals surface area contributed by atoms with Crippen molar-refractivity contribution in [2.45, 2.75) is 32.2 Å². The first kappa shape index (κ1) is 19.4. The van der Waals surface area contributed by atoms with Gasteiger partial charge in [-0.05, 0) is 43.5 Å². The molecule has 9 nitrogen and oxygen atoms in total. The van der Waals surface area contributed by atoms with Crippen molar-refractivity contribution < 1.29 is 22.7 Å². The number of aryl methyl sites for hydroxylation is 2. The van der Waals surface area contributed by atoms with Crippen LogP contribution in [0.1, 0.15) is 30.1 Å². The summed E-state index contributed by atoms with van der Waals surface area (Å²) in [6, 6.07) is 6.72. The van der Waals surface area contributed by atoms with Gasteiger partial charge in [-0.15, -0.1) is 0 Å². The lowest BCUT2D eigenvalue weighted by Crippen LogP contribution is -2.24. The number of carbonyl (C=O) groups excluding carboxylic acids is 2. The number of fused-ring (bicyclic) bond motifs is 1. The Balaban J connectivity index is 1.39. The number of benzene rings is 1. The van der Waals surface area contributed by atoms with Crippen LogP contribution in [0.4, 0.5) is 11.5 Å². The second-order valence-corrected chi connectivity index (χ2v) is 9.61. The Labute approximate surface area is 168 Å². The Bertz CT molecular complexity index is 1080. The fraction of sp³-hybridized carbons (Fsp3) is 0.421. The van der Waals surface area contributed by atoms with Crippen LogP contribution in [0.3, 0.4) is 0 Å². The Hall–Kier alpha value is -2.88. The van der Waals surface area contributed by atoms with E-state index in [1.54, 1.807) is 29.8 Å². The van der Waals surface area contributed by atoms with Crippen molar-refractivity contribution >= 4 is 33.2 Å². The lowest BCUT2D eigenvalue weighted by molar-refractivity contribution is -0.118. The molecule has 1 aromatic carbocycles. The maximum atomic E-state index is 12.4. The minimum absolute atomic E-state index is 0.00693. The quantitative estimate of drug-likeness (QED) is 0.759. The number of nitrogens with zero attached hydrogens (tertiary/aromatic N) is 2. The van der Waals surface area contributed by atoms with E-state index >= 15 is 0 Å². The smallest absolute Gasteiger partial charge is 0.263 e. The Morgan fingerprint density at radius 2 is 2.17 bits per heavy atom. The van der Waals surface area contributed by atoms with Crippen molar-refractivity contribution in [1.29, 1.82) is 0 Å². The summed E-state index contributed by atoms with van der Waals surface area (Å²) in [4.78, 5) is 23.8. The van der Waals surface area contributed by atoms with Gasteiger partial charge in [-0.2, -0.15) is 5.10 Å². The van der Waals surface area contributed by atoms with Crippen molar-refractivity contribution in [3.8, 4) is 5.75 Å². The number of carbonyl (C=O) groups is 2. The number of sulfone groups is 1. The molecular formula is C19H22N4O5S. The zero-order chi connectivity index (χ0) is 20.6. The predicted molar refractivity (Wildman–Crippen MR) is 107 cm³/mol. The minimum Gasteiger partial charge on any atom is -0.484 e. The third kappa shape index (κ3) is 4.42. The molecule has 2 aliphatic rings. The molecule has 154 valence electrons. The molecule has 1 atom stereocenters. The number of rotatable bonds is 5. The molecule has 0 spiro atoms. The van der Waals surface area contributed by atoms with Crippen LogP contribution in [-0.2, 0) is 25.8 Å². The van der Waals surface area contributed by atoms with Gasteiger partial charge in [0.1, 0.15) is 11.6 Å². The number of hydrogen-bond acceptors (Lipinski definition) is 6. The molecule has 4 rings (SSSR count). The van der Waals surface area contributed by atoms with Crippen LogP contribution < -0.4 is 15.4 Å². The summed E-state index contributed by atoms with van der Waals surface area (Å²) in [5.41, 5.74) is 2.44. The summed E-state index contributed by atoms with van der Waals surface area (Å²) in [6.07, 6.45) is 1.54. The van der Waals surface area contributed by atoms with Gasteiger partial charge in [-0.3, -0.25) is 9.59 Å². The first-order chi connectivity index (χ1) is 13.8. The molecule has 2 aromatic rings. The topological polar surface area (TPSA) is 119 Å². The zero-order valence-electron chi connectivity index (χ0n) is 16.0. The van der Waals surface area contributed by atoms with Gasteiger partial charge in [-0.25, -0.2) is 13.1 Å². The SMILES string of the molecule is Cc1cc(NC(=O)COc2ccc3c(c2)CCC(=O)N3)n([C@@H]2CCS(=O)(=O)C2)n1. The van der Waals surface area contributed by atoms with Gasteiger partial charge in [0.15, 0.2) is 16.4 Å². The maximum Gasteiger partial charge on any atom is 0.263 e. The average molecular weight is 418 g/mol. The van der Waals surface area contributed by atoms with E-state index < -0.39 is 9.84 Å². The van der Waals surface area contributed by atoms with Crippen LogP contribution in [0.25, 0.3) is 0 Å². The first-order valence-electron chi connectivity index (χ1n) is 9.41. The number of anilines is 2. The van der Waals surface area contributed by atoms with Crippen LogP contribution in [0, 0.1) is 6.92 Å². The van der Waals surface area contributed by atoms with E-state index in [1.165, 1.54) is 0 Å². The molecule has 1 aromatic heterocycles. The fourth-order valence-electron chi connectivity index (χ4n) is 3.63. The molecule has 0 bridgehead atoms. The third-order valence-corrected chi connectivity index (χ3v) is 6.77. The highest BCUT2D eigenvalue weighted by Gasteiger charge is 2.31. The van der Waals surface area contributed by atoms with Crippen LogP contribution in [0.5, 0.6) is 5.75 Å². The number of hydrogen-bond donors (Lipinski definition) is 2. The zero-order valence-corrected chi connectivity index (χ0v) is 16.8. The molecule has 3 heterocycles. The minimum atomic E-state index is -3.06. The van der Waals surface area contributed by atoms with Crippen molar-refractivity contribution in [3.05, 3.63) is 35.5 Å². The largest absolute Gasteiger partial charge is 0.484 e. The van der Waals surface area contributed by atoms with E-state index in [4.69, 9.17) is 4.74 Å². The molecule has 2 N–H and O–H groups in total. The van der Waals surface area contributed by atoms with E-state index in [0.717, 1.165) is 11.3 Å². The average Bonchev–Trinajstić information content (AvgIpc) is 3.21. The van der Waals surface area contributed by atoms with Crippen LogP contribution in [0.15, 0.2) is 24.3 Å². The molecular weight excluding hydrogens is 396 g/mol. The molecule has 2 aliphatic heterocycles. The standard InChI is InChI=1S/C19H22N4O5S/c1-12-8-17(23(22-12)14-6-7-29(26,27)11-14)21-19(25)10-28-15-3-4-16-13(9-15)2-5-18(24)20-16/h3-4,8-9,14H,2,5-7,10-11H2,1H3,(H,20,24)(H,21,25)/t14-/m1/s1. The van der Waals surface area contributed by atoms with Crippen molar-refractivity contribution in [2.75, 3.05) is 28.7 Å². The molecule has 0 saturated carbocycles. The fourth-order valence-corrected chi connectivity index (χ4v) is 5.33. The van der Waals surface area contributed by atoms with Gasteiger partial charge in [0.05, 0.1) is 23.2 Å². The lowest BCUT2D eigenvalue weighted by Gasteiger charge is -2.18. The summed E-state index contributed by atoms with van der Waals surface area (Å²) in [5, 5.41) is 9.90. The second kappa shape index (κ2) is 7.51. The molecule has 29 heavy (non-hydrogen) atoms. The summed E-state index contributed by atoms with van der Waals surface area (Å²) in [5.74, 6) is 0.795. The lowest BCUT2D eigenvalue weighted by atomic mass is 10.0. The third-order valence-electron chi connectivity index (χ3n) is 5.02. The monoisotopic (exact) mass is 418 g/mol. The Morgan fingerprint density at radius 1 is 1.34 bits per heavy atom.